The topological polar surface area (TPSA) is 66.6 Å². The number of hydrogen-bond donors (Lipinski definition) is 1. The molecular formula is C15H25N3O2S. The smallest absolute Gasteiger partial charge is 0.243 e. The maximum absolute atomic E-state index is 12.9. The van der Waals surface area contributed by atoms with Crippen LogP contribution in [-0.4, -0.2) is 50.8 Å². The summed E-state index contributed by atoms with van der Waals surface area (Å²) in [5.74, 6) is 0. The Morgan fingerprint density at radius 3 is 2.67 bits per heavy atom. The van der Waals surface area contributed by atoms with Crippen LogP contribution in [0.15, 0.2) is 23.1 Å². The first-order valence-electron chi connectivity index (χ1n) is 7.32. The van der Waals surface area contributed by atoms with Gasteiger partial charge in [-0.05, 0) is 57.1 Å². The summed E-state index contributed by atoms with van der Waals surface area (Å²) in [5, 5.41) is 0. The van der Waals surface area contributed by atoms with Gasteiger partial charge in [-0.25, -0.2) is 8.42 Å². The number of hydrogen-bond acceptors (Lipinski definition) is 4. The van der Waals surface area contributed by atoms with Gasteiger partial charge in [-0.2, -0.15) is 4.31 Å². The molecule has 1 heterocycles. The SMILES string of the molecule is Cc1cc(S(=O)(=O)N2CCCC2CN(C)C)ccc1CN. The third kappa shape index (κ3) is 3.45. The van der Waals surface area contributed by atoms with Gasteiger partial charge < -0.3 is 10.6 Å². The van der Waals surface area contributed by atoms with Crippen LogP contribution in [-0.2, 0) is 16.6 Å². The molecule has 0 aromatic heterocycles. The van der Waals surface area contributed by atoms with Crippen LogP contribution < -0.4 is 5.73 Å². The Labute approximate surface area is 127 Å². The van der Waals surface area contributed by atoms with Crippen molar-refractivity contribution in [1.82, 2.24) is 9.21 Å². The van der Waals surface area contributed by atoms with Gasteiger partial charge in [0.2, 0.25) is 10.0 Å². The maximum Gasteiger partial charge on any atom is 0.243 e. The van der Waals surface area contributed by atoms with Crippen molar-refractivity contribution in [3.63, 3.8) is 0 Å². The van der Waals surface area contributed by atoms with Crippen molar-refractivity contribution in [1.29, 1.82) is 0 Å². The molecule has 0 bridgehead atoms. The molecule has 0 spiro atoms. The average Bonchev–Trinajstić information content (AvgIpc) is 2.86. The van der Waals surface area contributed by atoms with E-state index < -0.39 is 10.0 Å². The number of rotatable bonds is 5. The second-order valence-electron chi connectivity index (χ2n) is 5.97. The van der Waals surface area contributed by atoms with Crippen molar-refractivity contribution in [2.45, 2.75) is 37.2 Å². The molecule has 0 amide bonds. The van der Waals surface area contributed by atoms with E-state index in [1.165, 1.54) is 0 Å². The van der Waals surface area contributed by atoms with Gasteiger partial charge in [0, 0.05) is 25.7 Å². The van der Waals surface area contributed by atoms with Gasteiger partial charge in [0.15, 0.2) is 0 Å². The zero-order valence-electron chi connectivity index (χ0n) is 13.0. The minimum absolute atomic E-state index is 0.0690. The summed E-state index contributed by atoms with van der Waals surface area (Å²) < 4.78 is 27.4. The zero-order valence-corrected chi connectivity index (χ0v) is 13.9. The Morgan fingerprint density at radius 1 is 1.38 bits per heavy atom. The van der Waals surface area contributed by atoms with Gasteiger partial charge >= 0.3 is 0 Å². The van der Waals surface area contributed by atoms with Crippen LogP contribution in [0, 0.1) is 6.92 Å². The van der Waals surface area contributed by atoms with Crippen molar-refractivity contribution in [3.05, 3.63) is 29.3 Å². The molecule has 21 heavy (non-hydrogen) atoms. The molecule has 1 aromatic carbocycles. The monoisotopic (exact) mass is 311 g/mol. The van der Waals surface area contributed by atoms with Crippen LogP contribution in [0.4, 0.5) is 0 Å². The highest BCUT2D eigenvalue weighted by molar-refractivity contribution is 7.89. The third-order valence-electron chi connectivity index (χ3n) is 4.04. The molecule has 1 atom stereocenters. The minimum Gasteiger partial charge on any atom is -0.326 e. The molecule has 5 nitrogen and oxygen atoms in total. The van der Waals surface area contributed by atoms with Crippen LogP contribution in [0.5, 0.6) is 0 Å². The average molecular weight is 311 g/mol. The fraction of sp³-hybridized carbons (Fsp3) is 0.600. The lowest BCUT2D eigenvalue weighted by Gasteiger charge is -2.26. The summed E-state index contributed by atoms with van der Waals surface area (Å²) in [6, 6.07) is 5.30. The Balaban J connectivity index is 2.30. The summed E-state index contributed by atoms with van der Waals surface area (Å²) in [5.41, 5.74) is 7.56. The second kappa shape index (κ2) is 6.44. The summed E-state index contributed by atoms with van der Waals surface area (Å²) in [6.45, 7) is 3.71. The summed E-state index contributed by atoms with van der Waals surface area (Å²) in [4.78, 5) is 2.42. The van der Waals surface area contributed by atoms with E-state index in [0.29, 0.717) is 18.0 Å². The Morgan fingerprint density at radius 2 is 2.10 bits per heavy atom. The molecule has 0 saturated carbocycles. The summed E-state index contributed by atoms with van der Waals surface area (Å²) >= 11 is 0. The quantitative estimate of drug-likeness (QED) is 0.886. The lowest BCUT2D eigenvalue weighted by atomic mass is 10.1. The number of nitrogens with zero attached hydrogens (tertiary/aromatic N) is 2. The van der Waals surface area contributed by atoms with Crippen LogP contribution >= 0.6 is 0 Å². The number of sulfonamides is 1. The highest BCUT2D eigenvalue weighted by Crippen LogP contribution is 2.27. The minimum atomic E-state index is -3.42. The third-order valence-corrected chi connectivity index (χ3v) is 5.99. The lowest BCUT2D eigenvalue weighted by Crippen LogP contribution is -2.41. The number of aryl methyl sites for hydroxylation is 1. The number of likely N-dealkylation sites (N-methyl/N-ethyl adjacent to an activating group) is 1. The Kier molecular flexibility index (Phi) is 5.03. The molecular weight excluding hydrogens is 286 g/mol. The highest BCUT2D eigenvalue weighted by Gasteiger charge is 2.35. The van der Waals surface area contributed by atoms with Crippen molar-refractivity contribution >= 4 is 10.0 Å². The van der Waals surface area contributed by atoms with Gasteiger partial charge in [0.05, 0.1) is 4.90 Å². The lowest BCUT2D eigenvalue weighted by molar-refractivity contribution is 0.291. The van der Waals surface area contributed by atoms with Gasteiger partial charge in [-0.15, -0.1) is 0 Å². The van der Waals surface area contributed by atoms with Gasteiger partial charge in [0.25, 0.3) is 0 Å². The predicted octanol–water partition coefficient (Wildman–Crippen LogP) is 1.17. The number of benzene rings is 1. The van der Waals surface area contributed by atoms with E-state index in [1.54, 1.807) is 16.4 Å². The zero-order chi connectivity index (χ0) is 15.6. The molecule has 0 radical (unpaired) electrons. The van der Waals surface area contributed by atoms with Crippen LogP contribution in [0.3, 0.4) is 0 Å². The highest BCUT2D eigenvalue weighted by atomic mass is 32.2. The van der Waals surface area contributed by atoms with E-state index in [4.69, 9.17) is 5.73 Å². The standard InChI is InChI=1S/C15H25N3O2S/c1-12-9-15(7-6-13(12)10-16)21(19,20)18-8-4-5-14(18)11-17(2)3/h6-7,9,14H,4-5,8,10-11,16H2,1-3H3. The van der Waals surface area contributed by atoms with Gasteiger partial charge in [0.1, 0.15) is 0 Å². The van der Waals surface area contributed by atoms with Gasteiger partial charge in [-0.1, -0.05) is 6.07 Å². The molecule has 1 aliphatic rings. The van der Waals surface area contributed by atoms with Crippen LogP contribution in [0.25, 0.3) is 0 Å². The normalized spacial score (nSPS) is 20.3. The molecule has 6 heteroatoms. The van der Waals surface area contributed by atoms with Gasteiger partial charge in [-0.3, -0.25) is 0 Å². The molecule has 118 valence electrons. The van der Waals surface area contributed by atoms with Crippen molar-refractivity contribution in [3.8, 4) is 0 Å². The van der Waals surface area contributed by atoms with E-state index in [9.17, 15) is 8.42 Å². The van der Waals surface area contributed by atoms with Crippen molar-refractivity contribution < 1.29 is 8.42 Å². The van der Waals surface area contributed by atoms with Crippen LogP contribution in [0.1, 0.15) is 24.0 Å². The Bertz CT molecular complexity index is 599. The molecule has 1 saturated heterocycles. The summed E-state index contributed by atoms with van der Waals surface area (Å²) in [7, 11) is 0.536. The first-order valence-corrected chi connectivity index (χ1v) is 8.76. The predicted molar refractivity (Wildman–Crippen MR) is 84.5 cm³/mol. The first kappa shape index (κ1) is 16.4. The van der Waals surface area contributed by atoms with Crippen molar-refractivity contribution in [2.75, 3.05) is 27.2 Å². The van der Waals surface area contributed by atoms with E-state index in [1.807, 2.05) is 32.0 Å². The van der Waals surface area contributed by atoms with E-state index >= 15 is 0 Å². The molecule has 1 aliphatic heterocycles. The molecule has 1 unspecified atom stereocenters. The first-order chi connectivity index (χ1) is 9.86. The second-order valence-corrected chi connectivity index (χ2v) is 7.86. The largest absolute Gasteiger partial charge is 0.326 e. The molecule has 1 fully saturated rings. The number of nitrogens with two attached hydrogens (primary N) is 1. The fourth-order valence-electron chi connectivity index (χ4n) is 2.92. The molecule has 2 rings (SSSR count). The Hall–Kier alpha value is -0.950. The van der Waals surface area contributed by atoms with E-state index in [-0.39, 0.29) is 6.04 Å². The fourth-order valence-corrected chi connectivity index (χ4v) is 4.69. The summed E-state index contributed by atoms with van der Waals surface area (Å²) in [6.07, 6.45) is 1.86. The van der Waals surface area contributed by atoms with E-state index in [0.717, 1.165) is 30.5 Å². The van der Waals surface area contributed by atoms with E-state index in [2.05, 4.69) is 0 Å². The molecule has 1 aromatic rings. The molecule has 0 aliphatic carbocycles. The van der Waals surface area contributed by atoms with Crippen LogP contribution in [0.2, 0.25) is 0 Å². The van der Waals surface area contributed by atoms with Crippen molar-refractivity contribution in [2.24, 2.45) is 5.73 Å². The maximum atomic E-state index is 12.9. The molecule has 2 N–H and O–H groups in total.